The first-order chi connectivity index (χ1) is 8.79. The fourth-order valence-electron chi connectivity index (χ4n) is 1.82. The molecule has 0 aliphatic carbocycles. The van der Waals surface area contributed by atoms with Gasteiger partial charge >= 0.3 is 0 Å². The highest BCUT2D eigenvalue weighted by Crippen LogP contribution is 2.10. The molecule has 1 heterocycles. The minimum absolute atomic E-state index is 0.225. The maximum absolute atomic E-state index is 12.8. The van der Waals surface area contributed by atoms with Gasteiger partial charge in [-0.2, -0.15) is 5.10 Å². The number of hydrogen-bond donors (Lipinski definition) is 1. The molecule has 0 spiro atoms. The van der Waals surface area contributed by atoms with Crippen LogP contribution >= 0.6 is 0 Å². The van der Waals surface area contributed by atoms with Gasteiger partial charge in [0.15, 0.2) is 0 Å². The van der Waals surface area contributed by atoms with Crippen molar-refractivity contribution in [1.29, 1.82) is 0 Å². The Labute approximate surface area is 107 Å². The average Bonchev–Trinajstić information content (AvgIpc) is 2.84. The minimum Gasteiger partial charge on any atom is -0.317 e. The maximum atomic E-state index is 12.8. The summed E-state index contributed by atoms with van der Waals surface area (Å²) in [5.74, 6) is -0.225. The number of nitrogens with one attached hydrogen (secondary N) is 1. The number of nitrogens with zero attached hydrogens (tertiary/aromatic N) is 2. The molecule has 0 bridgehead atoms. The first-order valence-electron chi connectivity index (χ1n) is 6.30. The van der Waals surface area contributed by atoms with E-state index < -0.39 is 0 Å². The molecule has 0 aliphatic heterocycles. The summed E-state index contributed by atoms with van der Waals surface area (Å²) in [6.07, 6.45) is 5.98. The van der Waals surface area contributed by atoms with Gasteiger partial charge < -0.3 is 5.32 Å². The molecule has 4 heteroatoms. The van der Waals surface area contributed by atoms with Crippen molar-refractivity contribution in [3.05, 3.63) is 48.0 Å². The molecular weight excluding hydrogens is 229 g/mol. The van der Waals surface area contributed by atoms with E-state index in [9.17, 15) is 4.39 Å². The van der Waals surface area contributed by atoms with Gasteiger partial charge in [-0.25, -0.2) is 9.07 Å². The normalized spacial score (nSPS) is 10.8. The van der Waals surface area contributed by atoms with Crippen molar-refractivity contribution in [3.63, 3.8) is 0 Å². The number of aryl methyl sites for hydroxylation is 1. The Bertz CT molecular complexity index is 476. The highest BCUT2D eigenvalue weighted by atomic mass is 19.1. The van der Waals surface area contributed by atoms with Gasteiger partial charge in [-0.05, 0) is 55.8 Å². The summed E-state index contributed by atoms with van der Waals surface area (Å²) in [6.45, 7) is 4.14. The summed E-state index contributed by atoms with van der Waals surface area (Å²) in [4.78, 5) is 0. The second kappa shape index (κ2) is 6.31. The van der Waals surface area contributed by atoms with Gasteiger partial charge in [-0.1, -0.05) is 6.92 Å². The highest BCUT2D eigenvalue weighted by Gasteiger charge is 2.01. The molecule has 1 aromatic carbocycles. The van der Waals surface area contributed by atoms with Gasteiger partial charge in [0.25, 0.3) is 0 Å². The fraction of sp³-hybridized carbons (Fsp3) is 0.357. The topological polar surface area (TPSA) is 29.9 Å². The number of halogens is 1. The average molecular weight is 247 g/mol. The Morgan fingerprint density at radius 1 is 1.28 bits per heavy atom. The zero-order valence-electron chi connectivity index (χ0n) is 10.6. The van der Waals surface area contributed by atoms with E-state index in [1.165, 1.54) is 17.7 Å². The summed E-state index contributed by atoms with van der Waals surface area (Å²) in [6, 6.07) is 6.35. The third-order valence-electron chi connectivity index (χ3n) is 2.80. The third-order valence-corrected chi connectivity index (χ3v) is 2.80. The maximum Gasteiger partial charge on any atom is 0.123 e. The van der Waals surface area contributed by atoms with Crippen LogP contribution in [0.15, 0.2) is 36.7 Å². The van der Waals surface area contributed by atoms with Crippen LogP contribution in [0.3, 0.4) is 0 Å². The molecule has 3 nitrogen and oxygen atoms in total. The van der Waals surface area contributed by atoms with Crippen LogP contribution in [0.4, 0.5) is 4.39 Å². The van der Waals surface area contributed by atoms with Crippen molar-refractivity contribution in [2.24, 2.45) is 0 Å². The van der Waals surface area contributed by atoms with Crippen molar-refractivity contribution >= 4 is 0 Å². The molecule has 18 heavy (non-hydrogen) atoms. The molecule has 0 unspecified atom stereocenters. The lowest BCUT2D eigenvalue weighted by Crippen LogP contribution is -2.14. The van der Waals surface area contributed by atoms with Crippen molar-refractivity contribution in [1.82, 2.24) is 15.1 Å². The molecule has 0 radical (unpaired) electrons. The third kappa shape index (κ3) is 3.40. The summed E-state index contributed by atoms with van der Waals surface area (Å²) < 4.78 is 14.6. The summed E-state index contributed by atoms with van der Waals surface area (Å²) in [5.41, 5.74) is 2.09. The van der Waals surface area contributed by atoms with Gasteiger partial charge in [-0.15, -0.1) is 0 Å². The molecule has 0 atom stereocenters. The van der Waals surface area contributed by atoms with Crippen molar-refractivity contribution in [3.8, 4) is 5.69 Å². The largest absolute Gasteiger partial charge is 0.317 e. The minimum atomic E-state index is -0.225. The number of aromatic nitrogens is 2. The van der Waals surface area contributed by atoms with Crippen LogP contribution in [0.1, 0.15) is 18.9 Å². The van der Waals surface area contributed by atoms with Gasteiger partial charge in [0.2, 0.25) is 0 Å². The predicted molar refractivity (Wildman–Crippen MR) is 70.4 cm³/mol. The van der Waals surface area contributed by atoms with Crippen molar-refractivity contribution in [2.45, 2.75) is 19.8 Å². The second-order valence-electron chi connectivity index (χ2n) is 4.23. The molecule has 2 aromatic rings. The Balaban J connectivity index is 1.95. The highest BCUT2D eigenvalue weighted by molar-refractivity contribution is 5.31. The quantitative estimate of drug-likeness (QED) is 0.795. The van der Waals surface area contributed by atoms with E-state index in [0.29, 0.717) is 0 Å². The lowest BCUT2D eigenvalue weighted by atomic mass is 10.2. The first-order valence-corrected chi connectivity index (χ1v) is 6.30. The van der Waals surface area contributed by atoms with E-state index in [-0.39, 0.29) is 5.82 Å². The van der Waals surface area contributed by atoms with E-state index in [1.54, 1.807) is 16.8 Å². The van der Waals surface area contributed by atoms with E-state index in [4.69, 9.17) is 0 Å². The Kier molecular flexibility index (Phi) is 4.47. The molecule has 0 saturated carbocycles. The monoisotopic (exact) mass is 247 g/mol. The summed E-state index contributed by atoms with van der Waals surface area (Å²) in [5, 5.41) is 7.58. The Morgan fingerprint density at radius 2 is 2.06 bits per heavy atom. The van der Waals surface area contributed by atoms with E-state index >= 15 is 0 Å². The molecule has 0 aliphatic rings. The van der Waals surface area contributed by atoms with E-state index in [2.05, 4.69) is 17.3 Å². The Hall–Kier alpha value is -1.68. The molecule has 96 valence electrons. The molecule has 1 aromatic heterocycles. The van der Waals surface area contributed by atoms with Crippen molar-refractivity contribution < 1.29 is 4.39 Å². The van der Waals surface area contributed by atoms with Crippen molar-refractivity contribution in [2.75, 3.05) is 13.1 Å². The zero-order chi connectivity index (χ0) is 12.8. The molecule has 2 rings (SSSR count). The fourth-order valence-corrected chi connectivity index (χ4v) is 1.82. The Morgan fingerprint density at radius 3 is 2.78 bits per heavy atom. The van der Waals surface area contributed by atoms with Gasteiger partial charge in [-0.3, -0.25) is 0 Å². The van der Waals surface area contributed by atoms with Crippen LogP contribution in [0.25, 0.3) is 5.69 Å². The van der Waals surface area contributed by atoms with Crippen LogP contribution in [-0.2, 0) is 6.42 Å². The predicted octanol–water partition coefficient (Wildman–Crippen LogP) is 2.55. The van der Waals surface area contributed by atoms with Crippen LogP contribution in [0.2, 0.25) is 0 Å². The second-order valence-corrected chi connectivity index (χ2v) is 4.23. The number of rotatable bonds is 6. The summed E-state index contributed by atoms with van der Waals surface area (Å²) in [7, 11) is 0. The van der Waals surface area contributed by atoms with Crippen LogP contribution in [0.5, 0.6) is 0 Å². The smallest absolute Gasteiger partial charge is 0.123 e. The van der Waals surface area contributed by atoms with Crippen LogP contribution in [0, 0.1) is 5.82 Å². The molecular formula is C14H18FN3. The van der Waals surface area contributed by atoms with Crippen LogP contribution in [-0.4, -0.2) is 22.9 Å². The number of benzene rings is 1. The zero-order valence-corrected chi connectivity index (χ0v) is 10.6. The summed E-state index contributed by atoms with van der Waals surface area (Å²) >= 11 is 0. The van der Waals surface area contributed by atoms with E-state index in [0.717, 1.165) is 31.6 Å². The van der Waals surface area contributed by atoms with Gasteiger partial charge in [0.1, 0.15) is 5.82 Å². The number of hydrogen-bond acceptors (Lipinski definition) is 2. The SMILES string of the molecule is CCNCCCc1cnn(-c2ccc(F)cc2)c1. The van der Waals surface area contributed by atoms with Gasteiger partial charge in [0.05, 0.1) is 11.9 Å². The first kappa shape index (κ1) is 12.8. The molecule has 0 amide bonds. The van der Waals surface area contributed by atoms with Crippen LogP contribution < -0.4 is 5.32 Å². The van der Waals surface area contributed by atoms with E-state index in [1.807, 2.05) is 12.4 Å². The lowest BCUT2D eigenvalue weighted by molar-refractivity contribution is 0.627. The van der Waals surface area contributed by atoms with Gasteiger partial charge in [0, 0.05) is 6.20 Å². The molecule has 0 saturated heterocycles. The molecule has 1 N–H and O–H groups in total. The molecule has 0 fully saturated rings. The standard InChI is InChI=1S/C14H18FN3/c1-2-16-9-3-4-12-10-17-18(11-12)14-7-5-13(15)6-8-14/h5-8,10-11,16H,2-4,9H2,1H3. The lowest BCUT2D eigenvalue weighted by Gasteiger charge is -2.00.